The van der Waals surface area contributed by atoms with Crippen LogP contribution in [0.5, 0.6) is 0 Å². The zero-order valence-electron chi connectivity index (χ0n) is 9.53. The molecule has 1 aromatic heterocycles. The van der Waals surface area contributed by atoms with E-state index in [-0.39, 0.29) is 5.75 Å². The van der Waals surface area contributed by atoms with Crippen molar-refractivity contribution in [2.45, 2.75) is 13.5 Å². The third kappa shape index (κ3) is 4.26. The van der Waals surface area contributed by atoms with Crippen molar-refractivity contribution in [3.8, 4) is 0 Å². The first-order valence-corrected chi connectivity index (χ1v) is 6.72. The van der Waals surface area contributed by atoms with E-state index in [1.54, 1.807) is 12.4 Å². The third-order valence-electron chi connectivity index (χ3n) is 2.32. The molecule has 0 bridgehead atoms. The molecule has 0 atom stereocenters. The van der Waals surface area contributed by atoms with Gasteiger partial charge in [0.25, 0.3) is 0 Å². The molecule has 1 rings (SSSR count). The molecule has 5 nitrogen and oxygen atoms in total. The maximum atomic E-state index is 11.1. The molecule has 16 heavy (non-hydrogen) atoms. The van der Waals surface area contributed by atoms with E-state index < -0.39 is 10.0 Å². The predicted octanol–water partition coefficient (Wildman–Crippen LogP) is 0.0288. The second kappa shape index (κ2) is 5.93. The third-order valence-corrected chi connectivity index (χ3v) is 3.69. The zero-order valence-corrected chi connectivity index (χ0v) is 10.3. The molecule has 1 aromatic rings. The lowest BCUT2D eigenvalue weighted by atomic mass is 10.2. The lowest BCUT2D eigenvalue weighted by Gasteiger charge is -2.07. The van der Waals surface area contributed by atoms with Crippen LogP contribution in [-0.4, -0.2) is 32.7 Å². The van der Waals surface area contributed by atoms with Crippen LogP contribution in [0.25, 0.3) is 0 Å². The van der Waals surface area contributed by atoms with Gasteiger partial charge in [-0.15, -0.1) is 0 Å². The van der Waals surface area contributed by atoms with Crippen molar-refractivity contribution in [3.05, 3.63) is 29.6 Å². The highest BCUT2D eigenvalue weighted by Crippen LogP contribution is 2.03. The maximum absolute atomic E-state index is 11.1. The van der Waals surface area contributed by atoms with Gasteiger partial charge in [-0.05, 0) is 31.2 Å². The number of aryl methyl sites for hydroxylation is 1. The van der Waals surface area contributed by atoms with Crippen LogP contribution in [0, 0.1) is 6.92 Å². The molecule has 0 saturated carbocycles. The van der Waals surface area contributed by atoms with Gasteiger partial charge in [0, 0.05) is 25.5 Å². The first-order chi connectivity index (χ1) is 7.55. The molecule has 2 N–H and O–H groups in total. The Kier molecular flexibility index (Phi) is 4.85. The number of rotatable bonds is 6. The van der Waals surface area contributed by atoms with E-state index in [4.69, 9.17) is 0 Å². The minimum absolute atomic E-state index is 0.0861. The molecule has 0 aliphatic heterocycles. The van der Waals surface area contributed by atoms with E-state index in [9.17, 15) is 8.42 Å². The van der Waals surface area contributed by atoms with Gasteiger partial charge in [-0.2, -0.15) is 0 Å². The highest BCUT2D eigenvalue weighted by molar-refractivity contribution is 7.89. The summed E-state index contributed by atoms with van der Waals surface area (Å²) < 4.78 is 24.5. The Bertz CT molecular complexity index is 431. The lowest BCUT2D eigenvalue weighted by molar-refractivity contribution is 0.583. The van der Waals surface area contributed by atoms with Crippen molar-refractivity contribution in [2.75, 3.05) is 19.3 Å². The lowest BCUT2D eigenvalue weighted by Crippen LogP contribution is -2.29. The Labute approximate surface area is 96.3 Å². The summed E-state index contributed by atoms with van der Waals surface area (Å²) >= 11 is 0. The molecule has 0 fully saturated rings. The first-order valence-electron chi connectivity index (χ1n) is 5.06. The molecule has 0 aliphatic carbocycles. The number of nitrogens with zero attached hydrogens (tertiary/aromatic N) is 1. The summed E-state index contributed by atoms with van der Waals surface area (Å²) in [6, 6.07) is 1.93. The predicted molar refractivity (Wildman–Crippen MR) is 63.5 cm³/mol. The fourth-order valence-corrected chi connectivity index (χ4v) is 1.83. The van der Waals surface area contributed by atoms with Crippen LogP contribution >= 0.6 is 0 Å². The average molecular weight is 243 g/mol. The molecule has 0 aromatic carbocycles. The van der Waals surface area contributed by atoms with Crippen molar-refractivity contribution in [1.82, 2.24) is 15.0 Å². The van der Waals surface area contributed by atoms with E-state index in [1.807, 2.05) is 13.0 Å². The van der Waals surface area contributed by atoms with Crippen LogP contribution in [-0.2, 0) is 16.6 Å². The maximum Gasteiger partial charge on any atom is 0.212 e. The van der Waals surface area contributed by atoms with Crippen LogP contribution in [0.2, 0.25) is 0 Å². The topological polar surface area (TPSA) is 71.1 Å². The Hall–Kier alpha value is -0.980. The highest BCUT2D eigenvalue weighted by Gasteiger charge is 2.05. The monoisotopic (exact) mass is 243 g/mol. The molecule has 1 heterocycles. The molecule has 0 amide bonds. The van der Waals surface area contributed by atoms with Crippen LogP contribution in [0.15, 0.2) is 18.5 Å². The van der Waals surface area contributed by atoms with Gasteiger partial charge in [0.15, 0.2) is 0 Å². The SMILES string of the molecule is CNS(=O)(=O)CCNCc1cnccc1C. The molecular weight excluding hydrogens is 226 g/mol. The van der Waals surface area contributed by atoms with Crippen LogP contribution in [0.4, 0.5) is 0 Å². The Morgan fingerprint density at radius 1 is 1.44 bits per heavy atom. The van der Waals surface area contributed by atoms with E-state index in [2.05, 4.69) is 15.0 Å². The molecule has 0 saturated heterocycles. The summed E-state index contributed by atoms with van der Waals surface area (Å²) in [5.41, 5.74) is 2.24. The van der Waals surface area contributed by atoms with Gasteiger partial charge in [0.2, 0.25) is 10.0 Å². The Balaban J connectivity index is 2.35. The summed E-state index contributed by atoms with van der Waals surface area (Å²) in [6.45, 7) is 3.07. The van der Waals surface area contributed by atoms with Gasteiger partial charge < -0.3 is 5.32 Å². The summed E-state index contributed by atoms with van der Waals surface area (Å²) in [5, 5.41) is 3.07. The fraction of sp³-hybridized carbons (Fsp3) is 0.500. The summed E-state index contributed by atoms with van der Waals surface area (Å²) in [6.07, 6.45) is 3.53. The number of sulfonamides is 1. The smallest absolute Gasteiger partial charge is 0.212 e. The number of hydrogen-bond donors (Lipinski definition) is 2. The summed E-state index contributed by atoms with van der Waals surface area (Å²) in [5.74, 6) is 0.0861. The zero-order chi connectivity index (χ0) is 12.0. The molecule has 0 aliphatic rings. The normalized spacial score (nSPS) is 11.6. The second-order valence-electron chi connectivity index (χ2n) is 3.50. The number of pyridine rings is 1. The van der Waals surface area contributed by atoms with E-state index in [1.165, 1.54) is 7.05 Å². The van der Waals surface area contributed by atoms with Crippen molar-refractivity contribution in [1.29, 1.82) is 0 Å². The van der Waals surface area contributed by atoms with Gasteiger partial charge in [0.05, 0.1) is 5.75 Å². The molecule has 90 valence electrons. The molecule has 0 radical (unpaired) electrons. The number of nitrogens with one attached hydrogen (secondary N) is 2. The average Bonchev–Trinajstić information content (AvgIpc) is 2.27. The van der Waals surface area contributed by atoms with Crippen LogP contribution in [0.3, 0.4) is 0 Å². The molecule has 6 heteroatoms. The van der Waals surface area contributed by atoms with Gasteiger partial charge in [0.1, 0.15) is 0 Å². The number of hydrogen-bond acceptors (Lipinski definition) is 4. The Morgan fingerprint density at radius 2 is 2.19 bits per heavy atom. The van der Waals surface area contributed by atoms with Gasteiger partial charge in [-0.25, -0.2) is 13.1 Å². The van der Waals surface area contributed by atoms with Gasteiger partial charge in [-0.3, -0.25) is 4.98 Å². The molecule has 0 spiro atoms. The van der Waals surface area contributed by atoms with Crippen molar-refractivity contribution >= 4 is 10.0 Å². The largest absolute Gasteiger partial charge is 0.312 e. The minimum Gasteiger partial charge on any atom is -0.312 e. The van der Waals surface area contributed by atoms with E-state index in [0.29, 0.717) is 13.1 Å². The van der Waals surface area contributed by atoms with Crippen LogP contribution in [0.1, 0.15) is 11.1 Å². The quantitative estimate of drug-likeness (QED) is 0.691. The van der Waals surface area contributed by atoms with E-state index >= 15 is 0 Å². The number of aromatic nitrogens is 1. The highest BCUT2D eigenvalue weighted by atomic mass is 32.2. The van der Waals surface area contributed by atoms with Gasteiger partial charge in [-0.1, -0.05) is 0 Å². The van der Waals surface area contributed by atoms with Crippen molar-refractivity contribution in [3.63, 3.8) is 0 Å². The molecule has 0 unspecified atom stereocenters. The first kappa shape index (κ1) is 13.1. The van der Waals surface area contributed by atoms with Crippen LogP contribution < -0.4 is 10.0 Å². The summed E-state index contributed by atoms with van der Waals surface area (Å²) in [4.78, 5) is 4.02. The second-order valence-corrected chi connectivity index (χ2v) is 5.55. The molecular formula is C10H17N3O2S. The van der Waals surface area contributed by atoms with Crippen molar-refractivity contribution in [2.24, 2.45) is 0 Å². The Morgan fingerprint density at radius 3 is 2.81 bits per heavy atom. The van der Waals surface area contributed by atoms with Crippen molar-refractivity contribution < 1.29 is 8.42 Å². The minimum atomic E-state index is -3.11. The van der Waals surface area contributed by atoms with Gasteiger partial charge >= 0.3 is 0 Å². The fourth-order valence-electron chi connectivity index (χ4n) is 1.21. The van der Waals surface area contributed by atoms with E-state index in [0.717, 1.165) is 11.1 Å². The standard InChI is InChI=1S/C10H17N3O2S/c1-9-3-4-12-7-10(9)8-13-5-6-16(14,15)11-2/h3-4,7,11,13H,5-6,8H2,1-2H3. The summed E-state index contributed by atoms with van der Waals surface area (Å²) in [7, 11) is -1.69.